The van der Waals surface area contributed by atoms with Crippen molar-refractivity contribution in [3.8, 4) is 5.75 Å². The first-order valence-electron chi connectivity index (χ1n) is 6.99. The summed E-state index contributed by atoms with van der Waals surface area (Å²) in [6.07, 6.45) is 0. The Morgan fingerprint density at radius 1 is 1.10 bits per heavy atom. The third kappa shape index (κ3) is 4.53. The highest BCUT2D eigenvalue weighted by Crippen LogP contribution is 2.13. The first-order valence-corrected chi connectivity index (χ1v) is 6.99. The van der Waals surface area contributed by atoms with Crippen molar-refractivity contribution in [1.29, 1.82) is 0 Å². The lowest BCUT2D eigenvalue weighted by atomic mass is 10.2. The summed E-state index contributed by atoms with van der Waals surface area (Å²) in [6, 6.07) is 16.9. The van der Waals surface area contributed by atoms with Gasteiger partial charge >= 0.3 is 0 Å². The molecule has 4 heteroatoms. The predicted octanol–water partition coefficient (Wildman–Crippen LogP) is 2.70. The molecular formula is C17H20N2O2. The number of benzene rings is 2. The Hall–Kier alpha value is -2.49. The minimum atomic E-state index is -0.0295. The van der Waals surface area contributed by atoms with E-state index in [1.54, 1.807) is 29.2 Å². The van der Waals surface area contributed by atoms with Crippen molar-refractivity contribution < 1.29 is 9.53 Å². The number of ether oxygens (including phenoxy) is 1. The van der Waals surface area contributed by atoms with Crippen molar-refractivity contribution in [2.24, 2.45) is 0 Å². The number of carbonyl (C=O) groups is 1. The van der Waals surface area contributed by atoms with Crippen LogP contribution in [0.25, 0.3) is 0 Å². The Morgan fingerprint density at radius 3 is 2.38 bits per heavy atom. The van der Waals surface area contributed by atoms with Crippen molar-refractivity contribution in [3.05, 3.63) is 60.2 Å². The zero-order chi connectivity index (χ0) is 15.1. The maximum absolute atomic E-state index is 12.2. The van der Waals surface area contributed by atoms with E-state index in [2.05, 4.69) is 0 Å². The Morgan fingerprint density at radius 2 is 1.76 bits per heavy atom. The standard InChI is InChI=1S/C17H20N2O2/c1-2-19(12-14-6-4-3-5-7-14)17(20)13-21-16-10-8-15(18)9-11-16/h3-11H,2,12-13,18H2,1H3. The van der Waals surface area contributed by atoms with Gasteiger partial charge in [-0.25, -0.2) is 0 Å². The van der Waals surface area contributed by atoms with Gasteiger partial charge in [0.05, 0.1) is 0 Å². The average molecular weight is 284 g/mol. The molecule has 0 bridgehead atoms. The van der Waals surface area contributed by atoms with Gasteiger partial charge in [0.1, 0.15) is 5.75 Å². The van der Waals surface area contributed by atoms with E-state index in [-0.39, 0.29) is 12.5 Å². The number of hydrogen-bond acceptors (Lipinski definition) is 3. The van der Waals surface area contributed by atoms with E-state index in [1.165, 1.54) is 0 Å². The first-order chi connectivity index (χ1) is 10.2. The van der Waals surface area contributed by atoms with Crippen LogP contribution in [0, 0.1) is 0 Å². The summed E-state index contributed by atoms with van der Waals surface area (Å²) in [5, 5.41) is 0. The summed E-state index contributed by atoms with van der Waals surface area (Å²) in [5.41, 5.74) is 7.39. The van der Waals surface area contributed by atoms with Gasteiger partial charge in [0.15, 0.2) is 6.61 Å². The molecule has 0 spiro atoms. The number of likely N-dealkylation sites (N-methyl/N-ethyl adjacent to an activating group) is 1. The molecule has 0 fully saturated rings. The van der Waals surface area contributed by atoms with Crippen LogP contribution in [0.1, 0.15) is 12.5 Å². The highest BCUT2D eigenvalue weighted by atomic mass is 16.5. The fourth-order valence-corrected chi connectivity index (χ4v) is 1.98. The van der Waals surface area contributed by atoms with Crippen LogP contribution >= 0.6 is 0 Å². The maximum atomic E-state index is 12.2. The summed E-state index contributed by atoms with van der Waals surface area (Å²) >= 11 is 0. The second-order valence-corrected chi connectivity index (χ2v) is 4.75. The van der Waals surface area contributed by atoms with Crippen molar-refractivity contribution >= 4 is 11.6 Å². The zero-order valence-electron chi connectivity index (χ0n) is 12.2. The van der Waals surface area contributed by atoms with E-state index >= 15 is 0 Å². The van der Waals surface area contributed by atoms with Gasteiger partial charge in [0.2, 0.25) is 0 Å². The minimum absolute atomic E-state index is 0.0295. The topological polar surface area (TPSA) is 55.6 Å². The molecular weight excluding hydrogens is 264 g/mol. The molecule has 0 radical (unpaired) electrons. The van der Waals surface area contributed by atoms with Crippen LogP contribution < -0.4 is 10.5 Å². The van der Waals surface area contributed by atoms with E-state index in [0.717, 1.165) is 5.56 Å². The first kappa shape index (κ1) is 14.9. The lowest BCUT2D eigenvalue weighted by Gasteiger charge is -2.21. The maximum Gasteiger partial charge on any atom is 0.260 e. The molecule has 4 nitrogen and oxygen atoms in total. The number of anilines is 1. The van der Waals surface area contributed by atoms with Gasteiger partial charge in [-0.05, 0) is 36.8 Å². The molecule has 2 aromatic rings. The SMILES string of the molecule is CCN(Cc1ccccc1)C(=O)COc1ccc(N)cc1. The summed E-state index contributed by atoms with van der Waals surface area (Å²) < 4.78 is 5.50. The summed E-state index contributed by atoms with van der Waals surface area (Å²) in [5.74, 6) is 0.617. The van der Waals surface area contributed by atoms with Gasteiger partial charge in [-0.3, -0.25) is 4.79 Å². The van der Waals surface area contributed by atoms with Crippen LogP contribution in [0.15, 0.2) is 54.6 Å². The van der Waals surface area contributed by atoms with E-state index in [0.29, 0.717) is 24.5 Å². The molecule has 2 aromatic carbocycles. The lowest BCUT2D eigenvalue weighted by Crippen LogP contribution is -2.34. The lowest BCUT2D eigenvalue weighted by molar-refractivity contribution is -0.133. The number of nitrogen functional groups attached to an aromatic ring is 1. The smallest absolute Gasteiger partial charge is 0.260 e. The molecule has 0 aliphatic rings. The monoisotopic (exact) mass is 284 g/mol. The second kappa shape index (κ2) is 7.33. The molecule has 0 aliphatic heterocycles. The molecule has 2 N–H and O–H groups in total. The Balaban J connectivity index is 1.89. The fraction of sp³-hybridized carbons (Fsp3) is 0.235. The molecule has 0 saturated carbocycles. The molecule has 0 unspecified atom stereocenters. The van der Waals surface area contributed by atoms with Gasteiger partial charge in [0, 0.05) is 18.8 Å². The highest BCUT2D eigenvalue weighted by molar-refractivity contribution is 5.77. The summed E-state index contributed by atoms with van der Waals surface area (Å²) in [6.45, 7) is 3.24. The van der Waals surface area contributed by atoms with E-state index in [1.807, 2.05) is 37.3 Å². The van der Waals surface area contributed by atoms with Gasteiger partial charge in [0.25, 0.3) is 5.91 Å². The highest BCUT2D eigenvalue weighted by Gasteiger charge is 2.12. The number of nitrogens with two attached hydrogens (primary N) is 1. The molecule has 0 aliphatic carbocycles. The molecule has 2 rings (SSSR count). The van der Waals surface area contributed by atoms with Crippen molar-refractivity contribution in [1.82, 2.24) is 4.90 Å². The second-order valence-electron chi connectivity index (χ2n) is 4.75. The van der Waals surface area contributed by atoms with Crippen LogP contribution in [0.2, 0.25) is 0 Å². The number of amides is 1. The molecule has 0 saturated heterocycles. The summed E-state index contributed by atoms with van der Waals surface area (Å²) in [7, 11) is 0. The number of carbonyl (C=O) groups excluding carboxylic acids is 1. The quantitative estimate of drug-likeness (QED) is 0.830. The predicted molar refractivity (Wildman–Crippen MR) is 83.9 cm³/mol. The van der Waals surface area contributed by atoms with Crippen LogP contribution in [0.3, 0.4) is 0 Å². The summed E-state index contributed by atoms with van der Waals surface area (Å²) in [4.78, 5) is 14.0. The zero-order valence-corrected chi connectivity index (χ0v) is 12.2. The van der Waals surface area contributed by atoms with Crippen LogP contribution in [0.4, 0.5) is 5.69 Å². The van der Waals surface area contributed by atoms with E-state index in [9.17, 15) is 4.79 Å². The van der Waals surface area contributed by atoms with Crippen LogP contribution in [-0.4, -0.2) is 24.0 Å². The van der Waals surface area contributed by atoms with Crippen LogP contribution in [-0.2, 0) is 11.3 Å². The van der Waals surface area contributed by atoms with Gasteiger partial charge in [-0.15, -0.1) is 0 Å². The third-order valence-corrected chi connectivity index (χ3v) is 3.19. The molecule has 1 amide bonds. The Labute approximate surface area is 125 Å². The van der Waals surface area contributed by atoms with Crippen LogP contribution in [0.5, 0.6) is 5.75 Å². The number of nitrogens with zero attached hydrogens (tertiary/aromatic N) is 1. The molecule has 110 valence electrons. The molecule has 0 aromatic heterocycles. The number of hydrogen-bond donors (Lipinski definition) is 1. The van der Waals surface area contributed by atoms with Crippen molar-refractivity contribution in [3.63, 3.8) is 0 Å². The van der Waals surface area contributed by atoms with Gasteiger partial charge in [-0.1, -0.05) is 30.3 Å². The van der Waals surface area contributed by atoms with Crippen molar-refractivity contribution in [2.75, 3.05) is 18.9 Å². The van der Waals surface area contributed by atoms with Gasteiger partial charge in [-0.2, -0.15) is 0 Å². The molecule has 21 heavy (non-hydrogen) atoms. The van der Waals surface area contributed by atoms with Gasteiger partial charge < -0.3 is 15.4 Å². The third-order valence-electron chi connectivity index (χ3n) is 3.19. The normalized spacial score (nSPS) is 10.1. The van der Waals surface area contributed by atoms with E-state index < -0.39 is 0 Å². The average Bonchev–Trinajstić information content (AvgIpc) is 2.52. The number of rotatable bonds is 6. The molecule has 0 atom stereocenters. The van der Waals surface area contributed by atoms with E-state index in [4.69, 9.17) is 10.5 Å². The van der Waals surface area contributed by atoms with Crippen molar-refractivity contribution in [2.45, 2.75) is 13.5 Å². The molecule has 0 heterocycles. The largest absolute Gasteiger partial charge is 0.484 e. The fourth-order valence-electron chi connectivity index (χ4n) is 1.98. The Bertz CT molecular complexity index is 567. The minimum Gasteiger partial charge on any atom is -0.484 e. The Kier molecular flexibility index (Phi) is 5.21.